The van der Waals surface area contributed by atoms with Crippen LogP contribution in [0.25, 0.3) is 0 Å². The Hall–Kier alpha value is -3.07. The molecule has 0 aliphatic carbocycles. The number of carbonyl (C=O) groups excluding carboxylic acids is 3. The smallest absolute Gasteiger partial charge is 0.393 e. The van der Waals surface area contributed by atoms with E-state index in [0.717, 1.165) is 4.90 Å². The molecule has 0 bridgehead atoms. The highest BCUT2D eigenvalue weighted by atomic mass is 79.9. The van der Waals surface area contributed by atoms with Gasteiger partial charge in [-0.3, -0.25) is 14.4 Å². The molecule has 2 aromatic rings. The predicted molar refractivity (Wildman–Crippen MR) is 127 cm³/mol. The summed E-state index contributed by atoms with van der Waals surface area (Å²) in [5.74, 6) is -7.47. The van der Waals surface area contributed by atoms with Crippen LogP contribution in [0.2, 0.25) is 0 Å². The maximum atomic E-state index is 13.4. The van der Waals surface area contributed by atoms with Crippen molar-refractivity contribution in [3.8, 4) is 0 Å². The summed E-state index contributed by atoms with van der Waals surface area (Å²) in [6, 6.07) is 5.48. The molecule has 1 aromatic heterocycles. The summed E-state index contributed by atoms with van der Waals surface area (Å²) in [4.78, 5) is 40.8. The molecular weight excluding hydrogens is 604 g/mol. The average molecular weight is 626 g/mol. The number of aliphatic hydroxyl groups excluding tert-OH is 1. The summed E-state index contributed by atoms with van der Waals surface area (Å²) in [6.45, 7) is -2.14. The van der Waals surface area contributed by atoms with E-state index in [1.54, 1.807) is 0 Å². The number of hydrogen-bond acceptors (Lipinski definition) is 5. The summed E-state index contributed by atoms with van der Waals surface area (Å²) in [5, 5.41) is 12.6. The largest absolute Gasteiger partial charge is 0.459 e. The van der Waals surface area contributed by atoms with Crippen molar-refractivity contribution in [2.24, 2.45) is 11.8 Å². The third-order valence-electron chi connectivity index (χ3n) is 6.71. The van der Waals surface area contributed by atoms with E-state index in [1.165, 1.54) is 36.6 Å². The number of benzene rings is 1. The van der Waals surface area contributed by atoms with Crippen LogP contribution in [0.4, 0.5) is 32.0 Å². The van der Waals surface area contributed by atoms with Crippen molar-refractivity contribution in [3.63, 3.8) is 0 Å². The van der Waals surface area contributed by atoms with Crippen LogP contribution in [0.1, 0.15) is 33.8 Å². The first-order valence-corrected chi connectivity index (χ1v) is 12.5. The lowest BCUT2D eigenvalue weighted by atomic mass is 9.87. The van der Waals surface area contributed by atoms with Gasteiger partial charge in [-0.1, -0.05) is 15.9 Å². The molecule has 2 unspecified atom stereocenters. The SMILES string of the molecule is O=C(Nc1ccc(Br)cc1C(=O)N1C[C@H](C(F)(F)F)C[C@H](C(F)(F)F)C1)C1CC(O)CN1C(=O)c1ccco1. The highest BCUT2D eigenvalue weighted by Crippen LogP contribution is 2.42. The van der Waals surface area contributed by atoms with Crippen molar-refractivity contribution < 1.29 is 50.2 Å². The van der Waals surface area contributed by atoms with Gasteiger partial charge < -0.3 is 24.6 Å². The number of alkyl halides is 6. The molecule has 0 radical (unpaired) electrons. The molecule has 2 N–H and O–H groups in total. The number of hydrogen-bond donors (Lipinski definition) is 2. The van der Waals surface area contributed by atoms with Crippen LogP contribution in [0.15, 0.2) is 45.5 Å². The number of nitrogens with one attached hydrogen (secondary N) is 1. The maximum absolute atomic E-state index is 13.4. The number of furan rings is 1. The molecule has 3 amide bonds. The van der Waals surface area contributed by atoms with Crippen LogP contribution in [0.5, 0.6) is 0 Å². The van der Waals surface area contributed by atoms with Crippen LogP contribution in [-0.4, -0.2) is 76.8 Å². The Kier molecular flexibility index (Phi) is 8.03. The second-order valence-corrected chi connectivity index (χ2v) is 10.4. The van der Waals surface area contributed by atoms with Crippen molar-refractivity contribution in [3.05, 3.63) is 52.4 Å². The minimum atomic E-state index is -4.95. The predicted octanol–water partition coefficient (Wildman–Crippen LogP) is 4.46. The third kappa shape index (κ3) is 6.40. The van der Waals surface area contributed by atoms with E-state index < -0.39 is 73.6 Å². The van der Waals surface area contributed by atoms with Gasteiger partial charge >= 0.3 is 12.4 Å². The Balaban J connectivity index is 1.59. The molecule has 212 valence electrons. The van der Waals surface area contributed by atoms with Crippen LogP contribution in [0, 0.1) is 11.8 Å². The van der Waals surface area contributed by atoms with Crippen LogP contribution >= 0.6 is 15.9 Å². The lowest BCUT2D eigenvalue weighted by Gasteiger charge is -2.39. The first-order chi connectivity index (χ1) is 18.1. The van der Waals surface area contributed by atoms with E-state index in [4.69, 9.17) is 4.42 Å². The van der Waals surface area contributed by atoms with Crippen molar-refractivity contribution in [2.75, 3.05) is 25.0 Å². The summed E-state index contributed by atoms with van der Waals surface area (Å²) in [5.41, 5.74) is -0.526. The van der Waals surface area contributed by atoms with E-state index in [-0.39, 0.29) is 34.4 Å². The molecule has 2 aliphatic heterocycles. The van der Waals surface area contributed by atoms with Crippen molar-refractivity contribution in [1.82, 2.24) is 9.80 Å². The standard InChI is InChI=1S/C24H22BrF6N3O5/c25-14-3-4-17(32-20(36)18-8-15(35)11-34(18)22(38)19-2-1-5-39-19)16(7-14)21(37)33-9-12(23(26,27)28)6-13(10-33)24(29,30)31/h1-5,7,12-13,15,18,35H,6,8-11H2,(H,32,36)/t12-,13+,15?,18?. The van der Waals surface area contributed by atoms with Gasteiger partial charge in [0.1, 0.15) is 6.04 Å². The molecule has 8 nitrogen and oxygen atoms in total. The van der Waals surface area contributed by atoms with Gasteiger partial charge in [0.25, 0.3) is 11.8 Å². The van der Waals surface area contributed by atoms with Gasteiger partial charge in [0.2, 0.25) is 5.91 Å². The summed E-state index contributed by atoms with van der Waals surface area (Å²) >= 11 is 3.13. The lowest BCUT2D eigenvalue weighted by molar-refractivity contribution is -0.226. The molecule has 2 fully saturated rings. The molecule has 0 saturated carbocycles. The monoisotopic (exact) mass is 625 g/mol. The van der Waals surface area contributed by atoms with Crippen LogP contribution < -0.4 is 5.32 Å². The van der Waals surface area contributed by atoms with Crippen molar-refractivity contribution >= 4 is 39.3 Å². The molecule has 2 aliphatic rings. The fraction of sp³-hybridized carbons (Fsp3) is 0.458. The number of likely N-dealkylation sites (tertiary alicyclic amines) is 2. The molecule has 1 aromatic carbocycles. The Bertz CT molecular complexity index is 1210. The van der Waals surface area contributed by atoms with E-state index in [9.17, 15) is 45.8 Å². The zero-order valence-electron chi connectivity index (χ0n) is 19.9. The highest BCUT2D eigenvalue weighted by Gasteiger charge is 2.52. The van der Waals surface area contributed by atoms with Gasteiger partial charge in [-0.25, -0.2) is 0 Å². The zero-order chi connectivity index (χ0) is 28.7. The first-order valence-electron chi connectivity index (χ1n) is 11.7. The van der Waals surface area contributed by atoms with Gasteiger partial charge in [-0.05, 0) is 36.8 Å². The van der Waals surface area contributed by atoms with Crippen molar-refractivity contribution in [1.29, 1.82) is 0 Å². The van der Waals surface area contributed by atoms with E-state index in [2.05, 4.69) is 21.2 Å². The van der Waals surface area contributed by atoms with Crippen LogP contribution in [0.3, 0.4) is 0 Å². The number of aliphatic hydroxyl groups is 1. The average Bonchev–Trinajstić information content (AvgIpc) is 3.53. The van der Waals surface area contributed by atoms with Gasteiger partial charge in [0.15, 0.2) is 5.76 Å². The quantitative estimate of drug-likeness (QED) is 0.489. The second kappa shape index (κ2) is 10.8. The van der Waals surface area contributed by atoms with Gasteiger partial charge in [0, 0.05) is 30.5 Å². The highest BCUT2D eigenvalue weighted by molar-refractivity contribution is 9.10. The molecular formula is C24H22BrF6N3O5. The number of rotatable bonds is 4. The fourth-order valence-corrected chi connectivity index (χ4v) is 5.12. The summed E-state index contributed by atoms with van der Waals surface area (Å²) in [6.07, 6.45) is -11.0. The molecule has 39 heavy (non-hydrogen) atoms. The number of halogens is 7. The summed E-state index contributed by atoms with van der Waals surface area (Å²) in [7, 11) is 0. The number of amides is 3. The molecule has 15 heteroatoms. The molecule has 2 saturated heterocycles. The fourth-order valence-electron chi connectivity index (χ4n) is 4.76. The minimum absolute atomic E-state index is 0.0788. The Morgan fingerprint density at radius 2 is 1.59 bits per heavy atom. The van der Waals surface area contributed by atoms with Gasteiger partial charge in [-0.15, -0.1) is 0 Å². The zero-order valence-corrected chi connectivity index (χ0v) is 21.5. The summed E-state index contributed by atoms with van der Waals surface area (Å²) < 4.78 is 86.0. The second-order valence-electron chi connectivity index (χ2n) is 9.44. The Morgan fingerprint density at radius 1 is 0.949 bits per heavy atom. The van der Waals surface area contributed by atoms with E-state index in [1.807, 2.05) is 0 Å². The van der Waals surface area contributed by atoms with E-state index >= 15 is 0 Å². The maximum Gasteiger partial charge on any atom is 0.393 e. The number of carbonyl (C=O) groups is 3. The van der Waals surface area contributed by atoms with E-state index in [0.29, 0.717) is 4.90 Å². The normalized spacial score (nSPS) is 24.1. The number of β-amino-alcohol motifs (C(OH)–C–C–N with tert-alkyl or cyclic N) is 1. The topological polar surface area (TPSA) is 103 Å². The Labute approximate surface area is 226 Å². The lowest BCUT2D eigenvalue weighted by Crippen LogP contribution is -2.51. The molecule has 0 spiro atoms. The minimum Gasteiger partial charge on any atom is -0.459 e. The van der Waals surface area contributed by atoms with Crippen LogP contribution in [-0.2, 0) is 4.79 Å². The van der Waals surface area contributed by atoms with Gasteiger partial charge in [-0.2, -0.15) is 26.3 Å². The Morgan fingerprint density at radius 3 is 2.15 bits per heavy atom. The number of anilines is 1. The number of nitrogens with zero attached hydrogens (tertiary/aromatic N) is 2. The first kappa shape index (κ1) is 28.9. The molecule has 3 heterocycles. The van der Waals surface area contributed by atoms with Crippen molar-refractivity contribution in [2.45, 2.75) is 37.3 Å². The molecule has 4 rings (SSSR count). The number of piperidine rings is 1. The molecule has 4 atom stereocenters. The third-order valence-corrected chi connectivity index (χ3v) is 7.20. The van der Waals surface area contributed by atoms with Gasteiger partial charge in [0.05, 0.1) is 35.5 Å².